The Morgan fingerprint density at radius 1 is 0.794 bits per heavy atom. The smallest absolute Gasteiger partial charge is 0.416 e. The number of benzene rings is 3. The average Bonchev–Trinajstić information content (AvgIpc) is 3.21. The maximum Gasteiger partial charge on any atom is 0.416 e. The van der Waals surface area contributed by atoms with Crippen molar-refractivity contribution >= 4 is 0 Å². The fourth-order valence-corrected chi connectivity index (χ4v) is 4.64. The van der Waals surface area contributed by atoms with Gasteiger partial charge in [0.15, 0.2) is 0 Å². The molecule has 5 rings (SSSR count). The summed E-state index contributed by atoms with van der Waals surface area (Å²) in [5.41, 5.74) is 2.21. The minimum absolute atomic E-state index is 0.105. The predicted octanol–water partition coefficient (Wildman–Crippen LogP) is 7.29. The van der Waals surface area contributed by atoms with Crippen LogP contribution in [-0.4, -0.2) is 16.0 Å². The van der Waals surface area contributed by atoms with Gasteiger partial charge < -0.3 is 9.30 Å². The molecule has 0 spiro atoms. The molecule has 34 heavy (non-hydrogen) atoms. The number of rotatable bonds is 5. The summed E-state index contributed by atoms with van der Waals surface area (Å²) in [5, 5.41) is 0. The monoisotopic (exact) mass is 462 g/mol. The van der Waals surface area contributed by atoms with Gasteiger partial charge in [-0.3, -0.25) is 4.90 Å². The van der Waals surface area contributed by atoms with Gasteiger partial charge in [-0.1, -0.05) is 48.5 Å². The van der Waals surface area contributed by atoms with Gasteiger partial charge in [0.2, 0.25) is 0 Å². The molecular formula is C28H25F3N2O. The average molecular weight is 463 g/mol. The Bertz CT molecular complexity index is 1250. The number of halogens is 3. The van der Waals surface area contributed by atoms with E-state index >= 15 is 0 Å². The number of fused-ring (bicyclic) bond motifs is 1. The normalized spacial score (nSPS) is 16.6. The number of hydrogen-bond acceptors (Lipinski definition) is 2. The standard InChI is InChI=1S/C28H25F3N2O/c29-28(30,31)23-10-4-8-21(18-23)20-33-17-7-16-32-15-6-14-26(32)27(33)22-9-5-13-25(19-22)34-24-11-2-1-3-12-24/h1-6,8-15,18-19,27H,7,16-17,20H2/t27-/m0/s1. The number of ether oxygens (including phenoxy) is 1. The minimum Gasteiger partial charge on any atom is -0.457 e. The quantitative estimate of drug-likeness (QED) is 0.310. The summed E-state index contributed by atoms with van der Waals surface area (Å²) in [7, 11) is 0. The Morgan fingerprint density at radius 3 is 2.41 bits per heavy atom. The van der Waals surface area contributed by atoms with Crippen molar-refractivity contribution in [2.75, 3.05) is 6.54 Å². The molecule has 1 aromatic heterocycles. The van der Waals surface area contributed by atoms with E-state index in [9.17, 15) is 13.2 Å². The largest absolute Gasteiger partial charge is 0.457 e. The van der Waals surface area contributed by atoms with Gasteiger partial charge in [-0.25, -0.2) is 0 Å². The van der Waals surface area contributed by atoms with Crippen LogP contribution in [0, 0.1) is 0 Å². The first kappa shape index (κ1) is 22.3. The van der Waals surface area contributed by atoms with E-state index in [-0.39, 0.29) is 6.04 Å². The van der Waals surface area contributed by atoms with Crippen molar-refractivity contribution in [3.63, 3.8) is 0 Å². The van der Waals surface area contributed by atoms with E-state index in [0.717, 1.165) is 48.3 Å². The molecule has 0 amide bonds. The maximum atomic E-state index is 13.3. The van der Waals surface area contributed by atoms with Crippen molar-refractivity contribution in [2.24, 2.45) is 0 Å². The maximum absolute atomic E-state index is 13.3. The summed E-state index contributed by atoms with van der Waals surface area (Å²) < 4.78 is 48.2. The number of aromatic nitrogens is 1. The Kier molecular flexibility index (Phi) is 6.16. The lowest BCUT2D eigenvalue weighted by Gasteiger charge is -2.31. The molecule has 0 N–H and O–H groups in total. The van der Waals surface area contributed by atoms with Crippen LogP contribution in [0.3, 0.4) is 0 Å². The number of alkyl halides is 3. The second kappa shape index (κ2) is 9.39. The van der Waals surface area contributed by atoms with Crippen molar-refractivity contribution in [3.05, 3.63) is 120 Å². The molecule has 0 bridgehead atoms. The fourth-order valence-electron chi connectivity index (χ4n) is 4.64. The molecule has 0 aliphatic carbocycles. The summed E-state index contributed by atoms with van der Waals surface area (Å²) >= 11 is 0. The van der Waals surface area contributed by atoms with Crippen LogP contribution in [0.1, 0.15) is 34.8 Å². The van der Waals surface area contributed by atoms with E-state index in [2.05, 4.69) is 27.8 Å². The van der Waals surface area contributed by atoms with Gasteiger partial charge in [-0.05, 0) is 60.0 Å². The van der Waals surface area contributed by atoms with Crippen molar-refractivity contribution in [3.8, 4) is 11.5 Å². The molecule has 1 atom stereocenters. The topological polar surface area (TPSA) is 17.4 Å². The molecule has 0 saturated carbocycles. The third kappa shape index (κ3) is 4.87. The van der Waals surface area contributed by atoms with E-state index < -0.39 is 11.7 Å². The molecule has 1 aliphatic heterocycles. The summed E-state index contributed by atoms with van der Waals surface area (Å²) in [4.78, 5) is 2.26. The van der Waals surface area contributed by atoms with Gasteiger partial charge in [0.25, 0.3) is 0 Å². The zero-order chi connectivity index (χ0) is 23.5. The zero-order valence-electron chi connectivity index (χ0n) is 18.6. The third-order valence-electron chi connectivity index (χ3n) is 6.15. The molecule has 174 valence electrons. The van der Waals surface area contributed by atoms with Crippen LogP contribution in [0.2, 0.25) is 0 Å². The molecule has 1 aliphatic rings. The van der Waals surface area contributed by atoms with Crippen molar-refractivity contribution in [1.82, 2.24) is 9.47 Å². The third-order valence-corrected chi connectivity index (χ3v) is 6.15. The lowest BCUT2D eigenvalue weighted by molar-refractivity contribution is -0.137. The Morgan fingerprint density at radius 2 is 1.59 bits per heavy atom. The van der Waals surface area contributed by atoms with Gasteiger partial charge in [-0.2, -0.15) is 13.2 Å². The molecule has 2 heterocycles. The summed E-state index contributed by atoms with van der Waals surface area (Å²) in [5.74, 6) is 1.48. The number of aryl methyl sites for hydroxylation is 1. The first-order valence-electron chi connectivity index (χ1n) is 11.4. The van der Waals surface area contributed by atoms with Crippen LogP contribution >= 0.6 is 0 Å². The van der Waals surface area contributed by atoms with Gasteiger partial charge in [0.05, 0.1) is 11.6 Å². The van der Waals surface area contributed by atoms with E-state index in [4.69, 9.17) is 4.74 Å². The first-order chi connectivity index (χ1) is 16.5. The SMILES string of the molecule is FC(F)(F)c1cccc(CN2CCCn3cccc3[C@@H]2c2cccc(Oc3ccccc3)c2)c1. The van der Waals surface area contributed by atoms with Gasteiger partial charge >= 0.3 is 6.18 Å². The molecule has 3 aromatic carbocycles. The Hall–Kier alpha value is -3.51. The Labute approximate surface area is 197 Å². The van der Waals surface area contributed by atoms with Crippen LogP contribution in [0.15, 0.2) is 97.2 Å². The van der Waals surface area contributed by atoms with E-state index in [1.165, 1.54) is 12.1 Å². The van der Waals surface area contributed by atoms with Crippen LogP contribution in [-0.2, 0) is 19.3 Å². The highest BCUT2D eigenvalue weighted by molar-refractivity contribution is 5.38. The van der Waals surface area contributed by atoms with Crippen molar-refractivity contribution in [1.29, 1.82) is 0 Å². The van der Waals surface area contributed by atoms with Crippen LogP contribution < -0.4 is 4.74 Å². The minimum atomic E-state index is -4.36. The zero-order valence-corrected chi connectivity index (χ0v) is 18.6. The van der Waals surface area contributed by atoms with Gasteiger partial charge in [-0.15, -0.1) is 0 Å². The number of nitrogens with zero attached hydrogens (tertiary/aromatic N) is 2. The van der Waals surface area contributed by atoms with Crippen molar-refractivity contribution in [2.45, 2.75) is 31.7 Å². The number of hydrogen-bond donors (Lipinski definition) is 0. The van der Waals surface area contributed by atoms with Gasteiger partial charge in [0, 0.05) is 31.5 Å². The summed E-state index contributed by atoms with van der Waals surface area (Å²) in [6.07, 6.45) is -1.37. The second-order valence-electron chi connectivity index (χ2n) is 8.54. The molecular weight excluding hydrogens is 437 g/mol. The predicted molar refractivity (Wildman–Crippen MR) is 126 cm³/mol. The van der Waals surface area contributed by atoms with Gasteiger partial charge in [0.1, 0.15) is 11.5 Å². The Balaban J connectivity index is 1.50. The van der Waals surface area contributed by atoms with Crippen molar-refractivity contribution < 1.29 is 17.9 Å². The lowest BCUT2D eigenvalue weighted by Crippen LogP contribution is -2.29. The van der Waals surface area contributed by atoms with E-state index in [1.807, 2.05) is 54.6 Å². The molecule has 0 unspecified atom stereocenters. The highest BCUT2D eigenvalue weighted by atomic mass is 19.4. The second-order valence-corrected chi connectivity index (χ2v) is 8.54. The molecule has 0 saturated heterocycles. The molecule has 4 aromatic rings. The highest BCUT2D eigenvalue weighted by Crippen LogP contribution is 2.36. The molecule has 6 heteroatoms. The van der Waals surface area contributed by atoms with Crippen LogP contribution in [0.25, 0.3) is 0 Å². The molecule has 3 nitrogen and oxygen atoms in total. The summed E-state index contributed by atoms with van der Waals surface area (Å²) in [6, 6.07) is 27.2. The number of para-hydroxylation sites is 1. The molecule has 0 radical (unpaired) electrons. The first-order valence-corrected chi connectivity index (χ1v) is 11.4. The summed E-state index contributed by atoms with van der Waals surface area (Å²) in [6.45, 7) is 2.06. The van der Waals surface area contributed by atoms with E-state index in [0.29, 0.717) is 12.1 Å². The highest BCUT2D eigenvalue weighted by Gasteiger charge is 2.31. The van der Waals surface area contributed by atoms with Crippen LogP contribution in [0.5, 0.6) is 11.5 Å². The van der Waals surface area contributed by atoms with E-state index in [1.54, 1.807) is 6.07 Å². The fraction of sp³-hybridized carbons (Fsp3) is 0.214. The van der Waals surface area contributed by atoms with Crippen LogP contribution in [0.4, 0.5) is 13.2 Å². The lowest BCUT2D eigenvalue weighted by atomic mass is 10.0. The molecule has 0 fully saturated rings.